The van der Waals surface area contributed by atoms with Gasteiger partial charge in [0.25, 0.3) is 0 Å². The number of carbonyl (C=O) groups excluding carboxylic acids is 1. The third-order valence-corrected chi connectivity index (χ3v) is 4.90. The zero-order valence-corrected chi connectivity index (χ0v) is 11.4. The Bertz CT molecular complexity index is 571. The molecule has 1 aromatic carbocycles. The van der Waals surface area contributed by atoms with Gasteiger partial charge < -0.3 is 4.90 Å². The molecule has 0 unspecified atom stereocenters. The van der Waals surface area contributed by atoms with Crippen molar-refractivity contribution >= 4 is 15.9 Å². The van der Waals surface area contributed by atoms with Crippen LogP contribution in [-0.2, 0) is 14.8 Å². The fourth-order valence-corrected chi connectivity index (χ4v) is 3.33. The zero-order chi connectivity index (χ0) is 14.0. The number of carbonyl (C=O) groups is 1. The summed E-state index contributed by atoms with van der Waals surface area (Å²) in [5, 5.41) is 0. The predicted molar refractivity (Wildman–Crippen MR) is 67.2 cm³/mol. The number of nitrogens with zero attached hydrogens (tertiary/aromatic N) is 2. The van der Waals surface area contributed by atoms with Crippen LogP contribution in [0.5, 0.6) is 0 Å². The average Bonchev–Trinajstić information content (AvgIpc) is 2.88. The van der Waals surface area contributed by atoms with Crippen LogP contribution < -0.4 is 0 Å². The lowest BCUT2D eigenvalue weighted by Gasteiger charge is -2.17. The van der Waals surface area contributed by atoms with E-state index < -0.39 is 15.8 Å². The van der Waals surface area contributed by atoms with Gasteiger partial charge in [-0.05, 0) is 24.3 Å². The largest absolute Gasteiger partial charge is 0.327 e. The van der Waals surface area contributed by atoms with Crippen LogP contribution in [0.1, 0.15) is 13.3 Å². The van der Waals surface area contributed by atoms with E-state index in [4.69, 9.17) is 0 Å². The van der Waals surface area contributed by atoms with Gasteiger partial charge in [-0.25, -0.2) is 12.8 Å². The Morgan fingerprint density at radius 3 is 2.47 bits per heavy atom. The number of rotatable bonds is 3. The highest BCUT2D eigenvalue weighted by molar-refractivity contribution is 7.89. The molecule has 0 spiro atoms. The van der Waals surface area contributed by atoms with Gasteiger partial charge in [0.15, 0.2) is 0 Å². The van der Waals surface area contributed by atoms with E-state index in [1.807, 2.05) is 0 Å². The van der Waals surface area contributed by atoms with Gasteiger partial charge >= 0.3 is 0 Å². The molecule has 0 radical (unpaired) electrons. The lowest BCUT2D eigenvalue weighted by molar-refractivity contribution is -0.130. The standard InChI is InChI=1S/C12H15FN2O3S/c1-2-12(16)14-7-8-15(9-14)19(17,18)11-5-3-10(13)4-6-11/h3-6H,2,7-9H2,1H3. The van der Waals surface area contributed by atoms with Crippen molar-refractivity contribution in [3.8, 4) is 0 Å². The molecule has 1 fully saturated rings. The molecule has 5 nitrogen and oxygen atoms in total. The van der Waals surface area contributed by atoms with Crippen LogP contribution in [0.25, 0.3) is 0 Å². The van der Waals surface area contributed by atoms with Crippen LogP contribution in [0.2, 0.25) is 0 Å². The van der Waals surface area contributed by atoms with Crippen molar-refractivity contribution in [3.63, 3.8) is 0 Å². The van der Waals surface area contributed by atoms with Crippen molar-refractivity contribution in [1.82, 2.24) is 9.21 Å². The molecule has 7 heteroatoms. The van der Waals surface area contributed by atoms with Crippen LogP contribution in [0, 0.1) is 5.82 Å². The quantitative estimate of drug-likeness (QED) is 0.834. The minimum absolute atomic E-state index is 0.0414. The molecule has 1 saturated heterocycles. The lowest BCUT2D eigenvalue weighted by atomic mass is 10.4. The van der Waals surface area contributed by atoms with Gasteiger partial charge in [-0.2, -0.15) is 4.31 Å². The van der Waals surface area contributed by atoms with Crippen LogP contribution in [0.4, 0.5) is 4.39 Å². The zero-order valence-electron chi connectivity index (χ0n) is 10.5. The predicted octanol–water partition coefficient (Wildman–Crippen LogP) is 1.03. The SMILES string of the molecule is CCC(=O)N1CCN(S(=O)(=O)c2ccc(F)cc2)C1. The first-order valence-corrected chi connectivity index (χ1v) is 7.42. The summed E-state index contributed by atoms with van der Waals surface area (Å²) >= 11 is 0. The molecule has 0 aliphatic carbocycles. The molecule has 0 aromatic heterocycles. The van der Waals surface area contributed by atoms with E-state index in [0.29, 0.717) is 13.0 Å². The van der Waals surface area contributed by atoms with Crippen LogP contribution in [0.3, 0.4) is 0 Å². The van der Waals surface area contributed by atoms with Crippen LogP contribution in [0.15, 0.2) is 29.2 Å². The third kappa shape index (κ3) is 2.76. The minimum atomic E-state index is -3.66. The number of halogens is 1. The molecule has 19 heavy (non-hydrogen) atoms. The molecule has 0 bridgehead atoms. The van der Waals surface area contributed by atoms with Gasteiger partial charge in [0.1, 0.15) is 5.82 Å². The maximum absolute atomic E-state index is 12.8. The van der Waals surface area contributed by atoms with Crippen LogP contribution >= 0.6 is 0 Å². The summed E-state index contributed by atoms with van der Waals surface area (Å²) in [5.74, 6) is -0.556. The average molecular weight is 286 g/mol. The number of sulfonamides is 1. The molecular weight excluding hydrogens is 271 g/mol. The first-order chi connectivity index (χ1) is 8.95. The van der Waals surface area contributed by atoms with Gasteiger partial charge in [-0.15, -0.1) is 0 Å². The van der Waals surface area contributed by atoms with Crippen molar-refractivity contribution in [2.75, 3.05) is 19.8 Å². The van der Waals surface area contributed by atoms with E-state index in [2.05, 4.69) is 0 Å². The summed E-state index contributed by atoms with van der Waals surface area (Å²) < 4.78 is 38.6. The molecule has 0 atom stereocenters. The molecular formula is C12H15FN2O3S. The Morgan fingerprint density at radius 1 is 1.26 bits per heavy atom. The molecule has 0 saturated carbocycles. The van der Waals surface area contributed by atoms with Crippen molar-refractivity contribution in [2.45, 2.75) is 18.2 Å². The summed E-state index contributed by atoms with van der Waals surface area (Å²) in [5.41, 5.74) is 0. The molecule has 2 rings (SSSR count). The van der Waals surface area contributed by atoms with Crippen molar-refractivity contribution in [1.29, 1.82) is 0 Å². The number of benzene rings is 1. The highest BCUT2D eigenvalue weighted by atomic mass is 32.2. The maximum Gasteiger partial charge on any atom is 0.244 e. The lowest BCUT2D eigenvalue weighted by Crippen LogP contribution is -2.33. The van der Waals surface area contributed by atoms with Crippen molar-refractivity contribution < 1.29 is 17.6 Å². The summed E-state index contributed by atoms with van der Waals surface area (Å²) in [6.45, 7) is 2.46. The molecule has 1 aromatic rings. The van der Waals surface area contributed by atoms with E-state index in [-0.39, 0.29) is 24.0 Å². The van der Waals surface area contributed by atoms with Gasteiger partial charge in [0.05, 0.1) is 11.6 Å². The number of hydrogen-bond acceptors (Lipinski definition) is 3. The first-order valence-electron chi connectivity index (χ1n) is 5.98. The summed E-state index contributed by atoms with van der Waals surface area (Å²) in [4.78, 5) is 13.1. The topological polar surface area (TPSA) is 57.7 Å². The van der Waals surface area contributed by atoms with Crippen molar-refractivity contribution in [2.24, 2.45) is 0 Å². The Morgan fingerprint density at radius 2 is 1.89 bits per heavy atom. The van der Waals surface area contributed by atoms with E-state index in [0.717, 1.165) is 12.1 Å². The van der Waals surface area contributed by atoms with Gasteiger partial charge in [-0.1, -0.05) is 6.92 Å². The third-order valence-electron chi connectivity index (χ3n) is 3.05. The Kier molecular flexibility index (Phi) is 3.86. The second-order valence-electron chi connectivity index (χ2n) is 4.29. The Labute approximate surface area is 111 Å². The first kappa shape index (κ1) is 14.0. The second-order valence-corrected chi connectivity index (χ2v) is 6.22. The number of amides is 1. The smallest absolute Gasteiger partial charge is 0.244 e. The maximum atomic E-state index is 12.8. The molecule has 1 amide bonds. The molecule has 1 heterocycles. The summed E-state index contributed by atoms with van der Waals surface area (Å²) in [7, 11) is -3.66. The summed E-state index contributed by atoms with van der Waals surface area (Å²) in [6, 6.07) is 4.68. The number of hydrogen-bond donors (Lipinski definition) is 0. The molecule has 0 N–H and O–H groups in total. The Hall–Kier alpha value is -1.47. The summed E-state index contributed by atoms with van der Waals surface area (Å²) in [6.07, 6.45) is 0.352. The fourth-order valence-electron chi connectivity index (χ4n) is 1.94. The van der Waals surface area contributed by atoms with Gasteiger partial charge in [-0.3, -0.25) is 4.79 Å². The van der Waals surface area contributed by atoms with Gasteiger partial charge in [0.2, 0.25) is 15.9 Å². The Balaban J connectivity index is 2.18. The monoisotopic (exact) mass is 286 g/mol. The molecule has 1 aliphatic heterocycles. The van der Waals surface area contributed by atoms with E-state index >= 15 is 0 Å². The fraction of sp³-hybridized carbons (Fsp3) is 0.417. The van der Waals surface area contributed by atoms with E-state index in [1.54, 1.807) is 6.92 Å². The molecule has 1 aliphatic rings. The normalized spacial score (nSPS) is 16.8. The van der Waals surface area contributed by atoms with Gasteiger partial charge in [0, 0.05) is 19.5 Å². The second kappa shape index (κ2) is 5.26. The highest BCUT2D eigenvalue weighted by Gasteiger charge is 2.32. The highest BCUT2D eigenvalue weighted by Crippen LogP contribution is 2.19. The molecule has 104 valence electrons. The van der Waals surface area contributed by atoms with Crippen molar-refractivity contribution in [3.05, 3.63) is 30.1 Å². The minimum Gasteiger partial charge on any atom is -0.327 e. The van der Waals surface area contributed by atoms with E-state index in [9.17, 15) is 17.6 Å². The van der Waals surface area contributed by atoms with E-state index in [1.165, 1.54) is 21.3 Å². The van der Waals surface area contributed by atoms with Crippen LogP contribution in [-0.4, -0.2) is 43.3 Å².